The minimum absolute atomic E-state index is 0.0536. The lowest BCUT2D eigenvalue weighted by Crippen LogP contribution is -2.54. The van der Waals surface area contributed by atoms with E-state index in [1.807, 2.05) is 0 Å². The van der Waals surface area contributed by atoms with Gasteiger partial charge in [0.25, 0.3) is 0 Å². The summed E-state index contributed by atoms with van der Waals surface area (Å²) in [5.74, 6) is -0.322. The maximum absolute atomic E-state index is 12.3. The van der Waals surface area contributed by atoms with Crippen molar-refractivity contribution in [1.29, 1.82) is 0 Å². The summed E-state index contributed by atoms with van der Waals surface area (Å²) in [5.41, 5.74) is 5.33. The van der Waals surface area contributed by atoms with E-state index in [1.54, 1.807) is 4.90 Å². The molecule has 0 saturated carbocycles. The van der Waals surface area contributed by atoms with Gasteiger partial charge < -0.3 is 16.0 Å². The first-order valence-corrected chi connectivity index (χ1v) is 6.45. The number of carbonyl (C=O) groups is 2. The summed E-state index contributed by atoms with van der Waals surface area (Å²) in [6.07, 6.45) is 4.64. The Bertz CT molecular complexity index is 319. The molecule has 0 spiro atoms. The van der Waals surface area contributed by atoms with Crippen LogP contribution < -0.4 is 11.1 Å². The number of carbonyl (C=O) groups excluding carboxylic acids is 2. The van der Waals surface area contributed by atoms with Gasteiger partial charge in [0.2, 0.25) is 11.8 Å². The van der Waals surface area contributed by atoms with Gasteiger partial charge in [-0.1, -0.05) is 0 Å². The second-order valence-electron chi connectivity index (χ2n) is 5.14. The van der Waals surface area contributed by atoms with Gasteiger partial charge in [0.15, 0.2) is 0 Å². The lowest BCUT2D eigenvalue weighted by atomic mass is 9.98. The Morgan fingerprint density at radius 2 is 2.00 bits per heavy atom. The van der Waals surface area contributed by atoms with Gasteiger partial charge >= 0.3 is 0 Å². The van der Waals surface area contributed by atoms with Crippen LogP contribution in [0.1, 0.15) is 39.0 Å². The molecule has 2 amide bonds. The molecule has 5 nitrogen and oxygen atoms in total. The topological polar surface area (TPSA) is 75.4 Å². The molecule has 0 bridgehead atoms. The van der Waals surface area contributed by atoms with Crippen LogP contribution in [0, 0.1) is 0 Å². The molecule has 3 N–H and O–H groups in total. The van der Waals surface area contributed by atoms with E-state index in [0.717, 1.165) is 25.7 Å². The first-order chi connectivity index (χ1) is 8.09. The van der Waals surface area contributed by atoms with E-state index < -0.39 is 0 Å². The molecule has 2 aliphatic rings. The Kier molecular flexibility index (Phi) is 3.66. The molecule has 96 valence electrons. The molecule has 0 aromatic heterocycles. The maximum atomic E-state index is 12.3. The lowest BCUT2D eigenvalue weighted by molar-refractivity contribution is -0.139. The zero-order valence-corrected chi connectivity index (χ0v) is 10.3. The quantitative estimate of drug-likeness (QED) is 0.712. The van der Waals surface area contributed by atoms with Crippen LogP contribution in [-0.4, -0.2) is 41.4 Å². The molecule has 0 aromatic rings. The molecule has 2 heterocycles. The van der Waals surface area contributed by atoms with Crippen LogP contribution in [0.2, 0.25) is 0 Å². The van der Waals surface area contributed by atoms with Crippen molar-refractivity contribution in [2.24, 2.45) is 5.73 Å². The average Bonchev–Trinajstić information content (AvgIpc) is 2.77. The van der Waals surface area contributed by atoms with Crippen LogP contribution >= 0.6 is 0 Å². The van der Waals surface area contributed by atoms with Gasteiger partial charge in [0.1, 0.15) is 6.04 Å². The summed E-state index contributed by atoms with van der Waals surface area (Å²) < 4.78 is 0. The fourth-order valence-corrected chi connectivity index (χ4v) is 2.86. The van der Waals surface area contributed by atoms with E-state index in [9.17, 15) is 9.59 Å². The number of hydrogen-bond donors (Lipinski definition) is 2. The Morgan fingerprint density at radius 3 is 2.65 bits per heavy atom. The monoisotopic (exact) mass is 239 g/mol. The Labute approximate surface area is 102 Å². The number of nitrogens with zero attached hydrogens (tertiary/aromatic N) is 1. The van der Waals surface area contributed by atoms with Crippen molar-refractivity contribution in [3.05, 3.63) is 0 Å². The number of nitrogens with one attached hydrogen (secondary N) is 1. The van der Waals surface area contributed by atoms with Gasteiger partial charge in [-0.25, -0.2) is 0 Å². The van der Waals surface area contributed by atoms with Crippen LogP contribution in [0.3, 0.4) is 0 Å². The van der Waals surface area contributed by atoms with Crippen LogP contribution in [0.25, 0.3) is 0 Å². The summed E-state index contributed by atoms with van der Waals surface area (Å²) in [4.78, 5) is 25.3. The van der Waals surface area contributed by atoms with Crippen LogP contribution in [0.5, 0.6) is 0 Å². The van der Waals surface area contributed by atoms with Crippen molar-refractivity contribution >= 4 is 11.8 Å². The molecular formula is C12H21N3O2. The molecule has 0 radical (unpaired) electrons. The minimum Gasteiger partial charge on any atom is -0.368 e. The largest absolute Gasteiger partial charge is 0.368 e. The van der Waals surface area contributed by atoms with Crippen molar-refractivity contribution in [1.82, 2.24) is 10.2 Å². The van der Waals surface area contributed by atoms with Crippen molar-refractivity contribution < 1.29 is 9.59 Å². The Balaban J connectivity index is 2.01. The standard InChI is InChI=1S/C12H21N3O2/c1-8-4-2-5-9(14-8)12(17)15-7-3-6-10(15)11(13)16/h8-10,14H,2-7H2,1H3,(H2,13,16). The van der Waals surface area contributed by atoms with Gasteiger partial charge in [-0.3, -0.25) is 9.59 Å². The zero-order chi connectivity index (χ0) is 12.4. The predicted molar refractivity (Wildman–Crippen MR) is 64.2 cm³/mol. The molecule has 2 rings (SSSR count). The third-order valence-corrected chi connectivity index (χ3v) is 3.78. The summed E-state index contributed by atoms with van der Waals surface area (Å²) in [6, 6.07) is -0.132. The predicted octanol–water partition coefficient (Wildman–Crippen LogP) is -0.00670. The number of rotatable bonds is 2. The summed E-state index contributed by atoms with van der Waals surface area (Å²) >= 11 is 0. The third kappa shape index (κ3) is 2.60. The van der Waals surface area contributed by atoms with Gasteiger partial charge in [-0.2, -0.15) is 0 Å². The highest BCUT2D eigenvalue weighted by atomic mass is 16.2. The summed E-state index contributed by atoms with van der Waals surface area (Å²) in [6.45, 7) is 2.76. The van der Waals surface area contributed by atoms with Crippen LogP contribution in [-0.2, 0) is 9.59 Å². The average molecular weight is 239 g/mol. The second kappa shape index (κ2) is 5.04. The molecule has 5 heteroatoms. The van der Waals surface area contributed by atoms with Crippen molar-refractivity contribution in [2.75, 3.05) is 6.54 Å². The number of primary amides is 1. The smallest absolute Gasteiger partial charge is 0.240 e. The third-order valence-electron chi connectivity index (χ3n) is 3.78. The molecule has 3 atom stereocenters. The Morgan fingerprint density at radius 1 is 1.24 bits per heavy atom. The molecule has 3 unspecified atom stereocenters. The SMILES string of the molecule is CC1CCCC(C(=O)N2CCCC2C(N)=O)N1. The maximum Gasteiger partial charge on any atom is 0.240 e. The van der Waals surface area contributed by atoms with E-state index in [-0.39, 0.29) is 23.9 Å². The summed E-state index contributed by atoms with van der Waals surface area (Å²) in [7, 11) is 0. The van der Waals surface area contributed by atoms with Gasteiger partial charge in [0, 0.05) is 12.6 Å². The molecule has 0 aliphatic carbocycles. The van der Waals surface area contributed by atoms with E-state index in [0.29, 0.717) is 19.0 Å². The highest BCUT2D eigenvalue weighted by Crippen LogP contribution is 2.21. The van der Waals surface area contributed by atoms with E-state index in [2.05, 4.69) is 12.2 Å². The fraction of sp³-hybridized carbons (Fsp3) is 0.833. The van der Waals surface area contributed by atoms with Gasteiger partial charge in [0.05, 0.1) is 6.04 Å². The lowest BCUT2D eigenvalue weighted by Gasteiger charge is -2.32. The van der Waals surface area contributed by atoms with Crippen molar-refractivity contribution in [3.63, 3.8) is 0 Å². The minimum atomic E-state index is -0.387. The van der Waals surface area contributed by atoms with Crippen LogP contribution in [0.15, 0.2) is 0 Å². The van der Waals surface area contributed by atoms with E-state index in [1.165, 1.54) is 0 Å². The highest BCUT2D eigenvalue weighted by molar-refractivity contribution is 5.89. The second-order valence-corrected chi connectivity index (χ2v) is 5.14. The summed E-state index contributed by atoms with van der Waals surface area (Å²) in [5, 5.41) is 3.31. The van der Waals surface area contributed by atoms with E-state index >= 15 is 0 Å². The number of nitrogens with two attached hydrogens (primary N) is 1. The molecule has 17 heavy (non-hydrogen) atoms. The number of piperidine rings is 1. The Hall–Kier alpha value is -1.10. The van der Waals surface area contributed by atoms with Crippen molar-refractivity contribution in [3.8, 4) is 0 Å². The zero-order valence-electron chi connectivity index (χ0n) is 10.3. The first kappa shape index (κ1) is 12.4. The fourth-order valence-electron chi connectivity index (χ4n) is 2.86. The first-order valence-electron chi connectivity index (χ1n) is 6.45. The molecular weight excluding hydrogens is 218 g/mol. The molecule has 2 aliphatic heterocycles. The molecule has 2 fully saturated rings. The highest BCUT2D eigenvalue weighted by Gasteiger charge is 2.36. The van der Waals surface area contributed by atoms with Crippen molar-refractivity contribution in [2.45, 2.75) is 57.2 Å². The van der Waals surface area contributed by atoms with Crippen LogP contribution in [0.4, 0.5) is 0 Å². The number of likely N-dealkylation sites (tertiary alicyclic amines) is 1. The van der Waals surface area contributed by atoms with Gasteiger partial charge in [-0.05, 0) is 39.0 Å². The number of hydrogen-bond acceptors (Lipinski definition) is 3. The van der Waals surface area contributed by atoms with E-state index in [4.69, 9.17) is 5.73 Å². The van der Waals surface area contributed by atoms with Gasteiger partial charge in [-0.15, -0.1) is 0 Å². The molecule has 2 saturated heterocycles. The number of amides is 2. The molecule has 0 aromatic carbocycles. The normalized spacial score (nSPS) is 33.7.